The van der Waals surface area contributed by atoms with Gasteiger partial charge < -0.3 is 15.4 Å². The molecule has 0 saturated carbocycles. The first kappa shape index (κ1) is 16.1. The number of ether oxygens (including phenoxy) is 1. The molecule has 0 atom stereocenters. The molecule has 2 aromatic carbocycles. The topological polar surface area (TPSA) is 67.4 Å². The minimum atomic E-state index is -0.222. The third-order valence-electron chi connectivity index (χ3n) is 3.35. The van der Waals surface area contributed by atoms with Gasteiger partial charge in [-0.1, -0.05) is 12.7 Å². The maximum absolute atomic E-state index is 12.3. The van der Waals surface area contributed by atoms with E-state index in [9.17, 15) is 9.59 Å². The van der Waals surface area contributed by atoms with Crippen LogP contribution in [0.3, 0.4) is 0 Å². The quantitative estimate of drug-likeness (QED) is 0.817. The molecule has 2 aromatic rings. The van der Waals surface area contributed by atoms with E-state index >= 15 is 0 Å². The minimum Gasteiger partial charge on any atom is -0.490 e. The van der Waals surface area contributed by atoms with Crippen LogP contribution in [0.2, 0.25) is 0 Å². The molecule has 5 nitrogen and oxygen atoms in total. The molecule has 1 aliphatic heterocycles. The lowest BCUT2D eigenvalue weighted by atomic mass is 10.2. The summed E-state index contributed by atoms with van der Waals surface area (Å²) in [4.78, 5) is 24.8. The molecule has 122 valence electrons. The lowest BCUT2D eigenvalue weighted by Gasteiger charge is -2.17. The summed E-state index contributed by atoms with van der Waals surface area (Å²) in [5, 5.41) is 5.63. The molecule has 1 aliphatic rings. The van der Waals surface area contributed by atoms with Crippen LogP contribution in [0.4, 0.5) is 11.4 Å². The summed E-state index contributed by atoms with van der Waals surface area (Å²) in [6.07, 6.45) is 1.66. The molecule has 1 heterocycles. The summed E-state index contributed by atoms with van der Waals surface area (Å²) in [5.41, 5.74) is 1.88. The van der Waals surface area contributed by atoms with Gasteiger partial charge in [0.05, 0.1) is 11.4 Å². The zero-order chi connectivity index (χ0) is 16.9. The van der Waals surface area contributed by atoms with E-state index in [-0.39, 0.29) is 11.8 Å². The fraction of sp³-hybridized carbons (Fsp3) is 0.111. The standard InChI is InChI=1S/C18H16N2O3S/c1-2-9-23-14-6-3-12(4-7-14)18(22)19-13-5-8-16-15(10-13)20-17(21)11-24-16/h2-8,10H,1,9,11H2,(H,19,22)(H,20,21). The van der Waals surface area contributed by atoms with Crippen molar-refractivity contribution in [2.24, 2.45) is 0 Å². The number of nitrogens with one attached hydrogen (secondary N) is 2. The van der Waals surface area contributed by atoms with Gasteiger partial charge in [-0.2, -0.15) is 0 Å². The molecule has 0 aliphatic carbocycles. The second kappa shape index (κ2) is 7.23. The maximum atomic E-state index is 12.3. The normalized spacial score (nSPS) is 12.8. The maximum Gasteiger partial charge on any atom is 0.255 e. The summed E-state index contributed by atoms with van der Waals surface area (Å²) in [5.74, 6) is 0.838. The smallest absolute Gasteiger partial charge is 0.255 e. The number of thioether (sulfide) groups is 1. The van der Waals surface area contributed by atoms with Gasteiger partial charge in [-0.25, -0.2) is 0 Å². The second-order valence-corrected chi connectivity index (χ2v) is 6.14. The van der Waals surface area contributed by atoms with Gasteiger partial charge in [-0.05, 0) is 42.5 Å². The number of anilines is 2. The monoisotopic (exact) mass is 340 g/mol. The molecular formula is C18H16N2O3S. The fourth-order valence-corrected chi connectivity index (χ4v) is 3.01. The van der Waals surface area contributed by atoms with Gasteiger partial charge in [0.2, 0.25) is 5.91 Å². The van der Waals surface area contributed by atoms with Crippen LogP contribution in [0.15, 0.2) is 60.0 Å². The summed E-state index contributed by atoms with van der Waals surface area (Å²) < 4.78 is 5.39. The van der Waals surface area contributed by atoms with Gasteiger partial charge >= 0.3 is 0 Å². The van der Waals surface area contributed by atoms with Crippen molar-refractivity contribution in [1.29, 1.82) is 0 Å². The molecule has 0 aromatic heterocycles. The number of rotatable bonds is 5. The van der Waals surface area contributed by atoms with Gasteiger partial charge in [0, 0.05) is 16.1 Å². The molecule has 0 fully saturated rings. The third kappa shape index (κ3) is 3.78. The van der Waals surface area contributed by atoms with Crippen molar-refractivity contribution < 1.29 is 14.3 Å². The number of carbonyl (C=O) groups excluding carboxylic acids is 2. The Hall–Kier alpha value is -2.73. The van der Waals surface area contributed by atoms with Crippen LogP contribution in [-0.2, 0) is 4.79 Å². The molecule has 24 heavy (non-hydrogen) atoms. The first-order chi connectivity index (χ1) is 11.7. The Balaban J connectivity index is 1.69. The van der Waals surface area contributed by atoms with Crippen molar-refractivity contribution in [2.45, 2.75) is 4.90 Å². The molecule has 6 heteroatoms. The van der Waals surface area contributed by atoms with Gasteiger partial charge in [0.1, 0.15) is 12.4 Å². The van der Waals surface area contributed by atoms with Crippen molar-refractivity contribution in [1.82, 2.24) is 0 Å². The fourth-order valence-electron chi connectivity index (χ4n) is 2.22. The highest BCUT2D eigenvalue weighted by atomic mass is 32.2. The van der Waals surface area contributed by atoms with Crippen molar-refractivity contribution in [2.75, 3.05) is 23.0 Å². The molecule has 0 saturated heterocycles. The first-order valence-electron chi connectivity index (χ1n) is 7.37. The Kier molecular flexibility index (Phi) is 4.86. The Bertz CT molecular complexity index is 787. The van der Waals surface area contributed by atoms with Crippen LogP contribution in [0, 0.1) is 0 Å². The van der Waals surface area contributed by atoms with Crippen molar-refractivity contribution in [3.05, 3.63) is 60.7 Å². The average Bonchev–Trinajstić information content (AvgIpc) is 2.60. The van der Waals surface area contributed by atoms with E-state index in [4.69, 9.17) is 4.74 Å². The molecular weight excluding hydrogens is 324 g/mol. The number of amides is 2. The van der Waals surface area contributed by atoms with Crippen LogP contribution < -0.4 is 15.4 Å². The third-order valence-corrected chi connectivity index (χ3v) is 4.43. The van der Waals surface area contributed by atoms with E-state index in [0.29, 0.717) is 29.4 Å². The molecule has 0 spiro atoms. The van der Waals surface area contributed by atoms with Crippen LogP contribution in [0.1, 0.15) is 10.4 Å². The molecule has 2 N–H and O–H groups in total. The number of hydrogen-bond acceptors (Lipinski definition) is 4. The van der Waals surface area contributed by atoms with Gasteiger partial charge in [0.25, 0.3) is 5.91 Å². The number of carbonyl (C=O) groups is 2. The Morgan fingerprint density at radius 3 is 2.83 bits per heavy atom. The molecule has 2 amide bonds. The number of fused-ring (bicyclic) bond motifs is 1. The van der Waals surface area contributed by atoms with E-state index in [1.54, 1.807) is 36.4 Å². The molecule has 0 bridgehead atoms. The van der Waals surface area contributed by atoms with Gasteiger partial charge in [-0.3, -0.25) is 9.59 Å². The molecule has 0 unspecified atom stereocenters. The molecule has 0 radical (unpaired) electrons. The SMILES string of the molecule is C=CCOc1ccc(C(=O)Nc2ccc3c(c2)NC(=O)CS3)cc1. The zero-order valence-corrected chi connectivity index (χ0v) is 13.7. The first-order valence-corrected chi connectivity index (χ1v) is 8.36. The number of hydrogen-bond donors (Lipinski definition) is 2. The summed E-state index contributed by atoms with van der Waals surface area (Å²) in [6.45, 7) is 4.01. The zero-order valence-electron chi connectivity index (χ0n) is 12.9. The van der Waals surface area contributed by atoms with Crippen molar-refractivity contribution >= 4 is 35.0 Å². The lowest BCUT2D eigenvalue weighted by molar-refractivity contribution is -0.113. The second-order valence-electron chi connectivity index (χ2n) is 5.13. The van der Waals surface area contributed by atoms with Crippen LogP contribution >= 0.6 is 11.8 Å². The minimum absolute atomic E-state index is 0.0360. The highest BCUT2D eigenvalue weighted by molar-refractivity contribution is 8.00. The number of benzene rings is 2. The van der Waals surface area contributed by atoms with Crippen LogP contribution in [0.5, 0.6) is 5.75 Å². The lowest BCUT2D eigenvalue weighted by Crippen LogP contribution is -2.19. The van der Waals surface area contributed by atoms with E-state index < -0.39 is 0 Å². The predicted octanol–water partition coefficient (Wildman–Crippen LogP) is 3.55. The predicted molar refractivity (Wildman–Crippen MR) is 95.9 cm³/mol. The van der Waals surface area contributed by atoms with Gasteiger partial charge in [-0.15, -0.1) is 11.8 Å². The summed E-state index contributed by atoms with van der Waals surface area (Å²) in [6, 6.07) is 12.3. The Morgan fingerprint density at radius 2 is 2.08 bits per heavy atom. The van der Waals surface area contributed by atoms with E-state index in [0.717, 1.165) is 10.6 Å². The highest BCUT2D eigenvalue weighted by Crippen LogP contribution is 2.33. The summed E-state index contributed by atoms with van der Waals surface area (Å²) in [7, 11) is 0. The highest BCUT2D eigenvalue weighted by Gasteiger charge is 2.16. The Morgan fingerprint density at radius 1 is 1.29 bits per heavy atom. The van der Waals surface area contributed by atoms with Crippen LogP contribution in [0.25, 0.3) is 0 Å². The van der Waals surface area contributed by atoms with E-state index in [1.165, 1.54) is 11.8 Å². The van der Waals surface area contributed by atoms with Crippen LogP contribution in [-0.4, -0.2) is 24.2 Å². The Labute approximate surface area is 144 Å². The summed E-state index contributed by atoms with van der Waals surface area (Å²) >= 11 is 1.48. The van der Waals surface area contributed by atoms with E-state index in [1.807, 2.05) is 12.1 Å². The average molecular weight is 340 g/mol. The van der Waals surface area contributed by atoms with Gasteiger partial charge in [0.15, 0.2) is 0 Å². The van der Waals surface area contributed by atoms with Crippen molar-refractivity contribution in [3.63, 3.8) is 0 Å². The largest absolute Gasteiger partial charge is 0.490 e. The van der Waals surface area contributed by atoms with Crippen molar-refractivity contribution in [3.8, 4) is 5.75 Å². The van der Waals surface area contributed by atoms with E-state index in [2.05, 4.69) is 17.2 Å². The molecule has 3 rings (SSSR count).